The van der Waals surface area contributed by atoms with Crippen LogP contribution in [0.2, 0.25) is 0 Å². The summed E-state index contributed by atoms with van der Waals surface area (Å²) in [5.41, 5.74) is 3.66. The number of carbonyl (C=O) groups is 2. The highest BCUT2D eigenvalue weighted by Gasteiger charge is 2.25. The van der Waals surface area contributed by atoms with E-state index in [1.807, 2.05) is 17.0 Å². The van der Waals surface area contributed by atoms with Gasteiger partial charge < -0.3 is 19.7 Å². The number of hydrogen-bond acceptors (Lipinski definition) is 4. The summed E-state index contributed by atoms with van der Waals surface area (Å²) in [6, 6.07) is 11.1. The molecule has 0 fully saturated rings. The van der Waals surface area contributed by atoms with Crippen molar-refractivity contribution in [3.63, 3.8) is 0 Å². The molecule has 2 aromatic carbocycles. The van der Waals surface area contributed by atoms with Crippen molar-refractivity contribution < 1.29 is 19.1 Å². The van der Waals surface area contributed by atoms with Crippen LogP contribution in [0, 0.1) is 5.92 Å². The van der Waals surface area contributed by atoms with Gasteiger partial charge in [-0.25, -0.2) is 0 Å². The molecule has 3 rings (SSSR count). The van der Waals surface area contributed by atoms with Gasteiger partial charge in [-0.1, -0.05) is 26.0 Å². The second-order valence-corrected chi connectivity index (χ2v) is 7.61. The standard InChI is InChI=1S/C23H28N2O4/c1-15(2)11-22(26)25-10-9-17-12-16(5-7-19(17)25)14-24-23(27)18-6-8-20(28-3)21(13-18)29-4/h5-8,12-13,15H,9-11,14H2,1-4H3,(H,24,27). The third kappa shape index (κ3) is 4.70. The lowest BCUT2D eigenvalue weighted by Crippen LogP contribution is -2.29. The molecule has 0 radical (unpaired) electrons. The zero-order valence-corrected chi connectivity index (χ0v) is 17.5. The number of amides is 2. The van der Waals surface area contributed by atoms with Crippen molar-refractivity contribution in [3.05, 3.63) is 53.1 Å². The number of fused-ring (bicyclic) bond motifs is 1. The van der Waals surface area contributed by atoms with Gasteiger partial charge in [-0.2, -0.15) is 0 Å². The highest BCUT2D eigenvalue weighted by Crippen LogP contribution is 2.30. The lowest BCUT2D eigenvalue weighted by Gasteiger charge is -2.18. The molecular weight excluding hydrogens is 368 g/mol. The zero-order chi connectivity index (χ0) is 21.0. The van der Waals surface area contributed by atoms with Gasteiger partial charge in [0.1, 0.15) is 0 Å². The quantitative estimate of drug-likeness (QED) is 0.777. The van der Waals surface area contributed by atoms with Crippen LogP contribution in [0.5, 0.6) is 11.5 Å². The van der Waals surface area contributed by atoms with E-state index >= 15 is 0 Å². The van der Waals surface area contributed by atoms with Crippen LogP contribution in [0.3, 0.4) is 0 Å². The van der Waals surface area contributed by atoms with E-state index in [2.05, 4.69) is 25.2 Å². The van der Waals surface area contributed by atoms with Crippen LogP contribution in [-0.4, -0.2) is 32.6 Å². The lowest BCUT2D eigenvalue weighted by atomic mass is 10.1. The Bertz CT molecular complexity index is 908. The number of nitrogens with one attached hydrogen (secondary N) is 1. The largest absolute Gasteiger partial charge is 0.493 e. The van der Waals surface area contributed by atoms with Gasteiger partial charge in [-0.15, -0.1) is 0 Å². The first-order chi connectivity index (χ1) is 13.9. The van der Waals surface area contributed by atoms with Crippen molar-refractivity contribution >= 4 is 17.5 Å². The fraction of sp³-hybridized carbons (Fsp3) is 0.391. The third-order valence-corrected chi connectivity index (χ3v) is 5.02. The van der Waals surface area contributed by atoms with E-state index in [0.717, 1.165) is 29.8 Å². The van der Waals surface area contributed by atoms with Crippen molar-refractivity contribution in [1.29, 1.82) is 0 Å². The molecule has 6 nitrogen and oxygen atoms in total. The molecular formula is C23H28N2O4. The lowest BCUT2D eigenvalue weighted by molar-refractivity contribution is -0.119. The number of ether oxygens (including phenoxy) is 2. The summed E-state index contributed by atoms with van der Waals surface area (Å²) in [7, 11) is 3.10. The monoisotopic (exact) mass is 396 g/mol. The maximum Gasteiger partial charge on any atom is 0.251 e. The highest BCUT2D eigenvalue weighted by molar-refractivity contribution is 5.96. The van der Waals surface area contributed by atoms with Crippen LogP contribution < -0.4 is 19.7 Å². The van der Waals surface area contributed by atoms with Gasteiger partial charge in [-0.3, -0.25) is 9.59 Å². The molecule has 0 aromatic heterocycles. The van der Waals surface area contributed by atoms with E-state index in [1.54, 1.807) is 32.4 Å². The molecule has 0 atom stereocenters. The van der Waals surface area contributed by atoms with Crippen molar-refractivity contribution in [3.8, 4) is 11.5 Å². The van der Waals surface area contributed by atoms with Gasteiger partial charge in [0.05, 0.1) is 14.2 Å². The molecule has 0 saturated heterocycles. The van der Waals surface area contributed by atoms with E-state index in [1.165, 1.54) is 0 Å². The first kappa shape index (κ1) is 20.7. The normalized spacial score (nSPS) is 12.7. The molecule has 0 spiro atoms. The summed E-state index contributed by atoms with van der Waals surface area (Å²) in [5.74, 6) is 1.44. The number of benzene rings is 2. The van der Waals surface area contributed by atoms with Crippen molar-refractivity contribution in [1.82, 2.24) is 5.32 Å². The Morgan fingerprint density at radius 2 is 1.83 bits per heavy atom. The van der Waals surface area contributed by atoms with Gasteiger partial charge in [0.15, 0.2) is 11.5 Å². The summed E-state index contributed by atoms with van der Waals surface area (Å²) in [4.78, 5) is 26.8. The van der Waals surface area contributed by atoms with Gasteiger partial charge >= 0.3 is 0 Å². The molecule has 154 valence electrons. The molecule has 1 heterocycles. The van der Waals surface area contributed by atoms with E-state index in [9.17, 15) is 9.59 Å². The number of nitrogens with zero attached hydrogens (tertiary/aromatic N) is 1. The molecule has 0 saturated carbocycles. The zero-order valence-electron chi connectivity index (χ0n) is 17.5. The number of hydrogen-bond donors (Lipinski definition) is 1. The fourth-order valence-corrected chi connectivity index (χ4v) is 3.55. The smallest absolute Gasteiger partial charge is 0.251 e. The van der Waals surface area contributed by atoms with Crippen molar-refractivity contribution in [2.45, 2.75) is 33.2 Å². The second kappa shape index (κ2) is 8.99. The van der Waals surface area contributed by atoms with E-state index < -0.39 is 0 Å². The SMILES string of the molecule is COc1ccc(C(=O)NCc2ccc3c(c2)CCN3C(=O)CC(C)C)cc1OC. The molecule has 0 unspecified atom stereocenters. The number of methoxy groups -OCH3 is 2. The van der Waals surface area contributed by atoms with E-state index in [0.29, 0.717) is 35.9 Å². The van der Waals surface area contributed by atoms with E-state index in [4.69, 9.17) is 9.47 Å². The molecule has 0 bridgehead atoms. The average molecular weight is 396 g/mol. The number of rotatable bonds is 7. The Kier molecular flexibility index (Phi) is 6.42. The minimum Gasteiger partial charge on any atom is -0.493 e. The first-order valence-electron chi connectivity index (χ1n) is 9.85. The van der Waals surface area contributed by atoms with Crippen LogP contribution in [0.1, 0.15) is 41.8 Å². The summed E-state index contributed by atoms with van der Waals surface area (Å²) in [5, 5.41) is 2.94. The van der Waals surface area contributed by atoms with Crippen LogP contribution in [0.25, 0.3) is 0 Å². The highest BCUT2D eigenvalue weighted by atomic mass is 16.5. The van der Waals surface area contributed by atoms with Crippen molar-refractivity contribution in [2.75, 3.05) is 25.7 Å². The molecule has 2 amide bonds. The minimum atomic E-state index is -0.180. The van der Waals surface area contributed by atoms with Crippen molar-refractivity contribution in [2.24, 2.45) is 5.92 Å². The molecule has 6 heteroatoms. The molecule has 2 aromatic rings. The topological polar surface area (TPSA) is 67.9 Å². The Hall–Kier alpha value is -3.02. The Balaban J connectivity index is 1.65. The summed E-state index contributed by atoms with van der Waals surface area (Å²) in [6.07, 6.45) is 1.40. The predicted octanol–water partition coefficient (Wildman–Crippen LogP) is 3.57. The van der Waals surface area contributed by atoms with Crippen LogP contribution in [0.4, 0.5) is 5.69 Å². The van der Waals surface area contributed by atoms with Crippen LogP contribution in [0.15, 0.2) is 36.4 Å². The van der Waals surface area contributed by atoms with E-state index in [-0.39, 0.29) is 11.8 Å². The van der Waals surface area contributed by atoms with Crippen LogP contribution >= 0.6 is 0 Å². The van der Waals surface area contributed by atoms with Gasteiger partial charge in [0.2, 0.25) is 5.91 Å². The average Bonchev–Trinajstić information content (AvgIpc) is 3.14. The van der Waals surface area contributed by atoms with Gasteiger partial charge in [0.25, 0.3) is 5.91 Å². The third-order valence-electron chi connectivity index (χ3n) is 5.02. The summed E-state index contributed by atoms with van der Waals surface area (Å²) in [6.45, 7) is 5.25. The van der Waals surface area contributed by atoms with Gasteiger partial charge in [-0.05, 0) is 47.7 Å². The second-order valence-electron chi connectivity index (χ2n) is 7.61. The minimum absolute atomic E-state index is 0.174. The molecule has 29 heavy (non-hydrogen) atoms. The Labute approximate surface area is 171 Å². The molecule has 0 aliphatic carbocycles. The first-order valence-corrected chi connectivity index (χ1v) is 9.85. The van der Waals surface area contributed by atoms with Crippen LogP contribution in [-0.2, 0) is 17.8 Å². The maximum atomic E-state index is 12.5. The Morgan fingerprint density at radius 3 is 2.52 bits per heavy atom. The fourth-order valence-electron chi connectivity index (χ4n) is 3.55. The number of anilines is 1. The predicted molar refractivity (Wildman–Crippen MR) is 113 cm³/mol. The van der Waals surface area contributed by atoms with Gasteiger partial charge in [0, 0.05) is 30.8 Å². The molecule has 1 aliphatic heterocycles. The molecule has 1 N–H and O–H groups in total. The maximum absolute atomic E-state index is 12.5. The summed E-state index contributed by atoms with van der Waals surface area (Å²) < 4.78 is 10.5. The molecule has 1 aliphatic rings. The summed E-state index contributed by atoms with van der Waals surface area (Å²) >= 11 is 0. The Morgan fingerprint density at radius 1 is 1.07 bits per heavy atom. The number of carbonyl (C=O) groups excluding carboxylic acids is 2.